The quantitative estimate of drug-likeness (QED) is 0.852. The Morgan fingerprint density at radius 1 is 1.42 bits per heavy atom. The van der Waals surface area contributed by atoms with Crippen LogP contribution in [0, 0.1) is 11.3 Å². The Morgan fingerprint density at radius 2 is 2.11 bits per heavy atom. The Kier molecular flexibility index (Phi) is 5.33. The molecule has 5 nitrogen and oxygen atoms in total. The van der Waals surface area contributed by atoms with Gasteiger partial charge in [0, 0.05) is 12.3 Å². The maximum absolute atomic E-state index is 11.4. The van der Waals surface area contributed by atoms with Crippen LogP contribution in [0.25, 0.3) is 0 Å². The van der Waals surface area contributed by atoms with E-state index in [-0.39, 0.29) is 17.5 Å². The highest BCUT2D eigenvalue weighted by molar-refractivity contribution is 7.90. The average molecular weight is 282 g/mol. The van der Waals surface area contributed by atoms with Gasteiger partial charge in [-0.2, -0.15) is 5.26 Å². The lowest BCUT2D eigenvalue weighted by molar-refractivity contribution is 0.282. The molecule has 0 aliphatic rings. The first kappa shape index (κ1) is 15.5. The van der Waals surface area contributed by atoms with Crippen LogP contribution < -0.4 is 10.1 Å². The second-order valence-corrected chi connectivity index (χ2v) is 6.58. The van der Waals surface area contributed by atoms with Crippen LogP contribution in [0.4, 0.5) is 0 Å². The molecule has 0 aliphatic heterocycles. The average Bonchev–Trinajstić information content (AvgIpc) is 2.33. The van der Waals surface area contributed by atoms with Gasteiger partial charge in [0.2, 0.25) is 0 Å². The lowest BCUT2D eigenvalue weighted by atomic mass is 10.3. The van der Waals surface area contributed by atoms with Crippen molar-refractivity contribution in [3.05, 3.63) is 24.3 Å². The third-order valence-electron chi connectivity index (χ3n) is 2.34. The van der Waals surface area contributed by atoms with Gasteiger partial charge < -0.3 is 4.74 Å². The number of ether oxygens (including phenoxy) is 1. The molecule has 1 aromatic rings. The highest BCUT2D eigenvalue weighted by Gasteiger charge is 2.11. The van der Waals surface area contributed by atoms with Crippen LogP contribution >= 0.6 is 0 Å². The van der Waals surface area contributed by atoms with E-state index in [1.54, 1.807) is 12.1 Å². The van der Waals surface area contributed by atoms with E-state index in [9.17, 15) is 8.42 Å². The number of rotatable bonds is 6. The van der Waals surface area contributed by atoms with Crippen molar-refractivity contribution >= 4 is 9.84 Å². The molecule has 1 aromatic carbocycles. The molecule has 0 heterocycles. The van der Waals surface area contributed by atoms with Crippen molar-refractivity contribution < 1.29 is 13.2 Å². The molecule has 0 bridgehead atoms. The van der Waals surface area contributed by atoms with Crippen molar-refractivity contribution in [3.63, 3.8) is 0 Å². The Hall–Kier alpha value is -1.58. The lowest BCUT2D eigenvalue weighted by Gasteiger charge is -2.15. The molecule has 0 aromatic heterocycles. The number of benzene rings is 1. The molecule has 1 atom stereocenters. The Bertz CT molecular complexity index is 561. The number of hydrogen-bond acceptors (Lipinski definition) is 5. The van der Waals surface area contributed by atoms with E-state index in [0.717, 1.165) is 6.26 Å². The second kappa shape index (κ2) is 6.55. The minimum atomic E-state index is -3.25. The van der Waals surface area contributed by atoms with Crippen LogP contribution in [-0.4, -0.2) is 33.4 Å². The van der Waals surface area contributed by atoms with Crippen molar-refractivity contribution in [2.75, 3.05) is 12.9 Å². The lowest BCUT2D eigenvalue weighted by Crippen LogP contribution is -2.37. The smallest absolute Gasteiger partial charge is 0.175 e. The van der Waals surface area contributed by atoms with Gasteiger partial charge in [0.1, 0.15) is 18.4 Å². The van der Waals surface area contributed by atoms with E-state index in [2.05, 4.69) is 11.4 Å². The molecule has 104 valence electrons. The molecule has 0 fully saturated rings. The first-order chi connectivity index (χ1) is 8.82. The summed E-state index contributed by atoms with van der Waals surface area (Å²) in [5.74, 6) is 0.439. The summed E-state index contributed by atoms with van der Waals surface area (Å²) < 4.78 is 28.3. The standard InChI is InChI=1S/C13H18N2O3S/c1-10(2)15-11(8-14)9-18-12-5-4-6-13(7-12)19(3,16)17/h4-7,10-11,15H,9H2,1-3H3. The molecule has 19 heavy (non-hydrogen) atoms. The Labute approximate surface area is 114 Å². The fraction of sp³-hybridized carbons (Fsp3) is 0.462. The molecule has 0 radical (unpaired) electrons. The van der Waals surface area contributed by atoms with Crippen molar-refractivity contribution in [3.8, 4) is 11.8 Å². The van der Waals surface area contributed by atoms with Gasteiger partial charge in [-0.15, -0.1) is 0 Å². The number of nitrogens with one attached hydrogen (secondary N) is 1. The fourth-order valence-corrected chi connectivity index (χ4v) is 2.16. The molecule has 0 saturated heterocycles. The SMILES string of the molecule is CC(C)NC(C#N)COc1cccc(S(C)(=O)=O)c1. The molecule has 6 heteroatoms. The summed E-state index contributed by atoms with van der Waals surface area (Å²) >= 11 is 0. The topological polar surface area (TPSA) is 79.2 Å². The Balaban J connectivity index is 2.71. The highest BCUT2D eigenvalue weighted by atomic mass is 32.2. The summed E-state index contributed by atoms with van der Waals surface area (Å²) in [6.07, 6.45) is 1.14. The molecule has 0 saturated carbocycles. The van der Waals surface area contributed by atoms with E-state index in [1.807, 2.05) is 13.8 Å². The van der Waals surface area contributed by atoms with E-state index >= 15 is 0 Å². The minimum Gasteiger partial charge on any atom is -0.491 e. The molecular weight excluding hydrogens is 264 g/mol. The molecule has 0 aliphatic carbocycles. The van der Waals surface area contributed by atoms with Crippen molar-refractivity contribution in [1.29, 1.82) is 5.26 Å². The highest BCUT2D eigenvalue weighted by Crippen LogP contribution is 2.17. The van der Waals surface area contributed by atoms with Gasteiger partial charge in [0.25, 0.3) is 0 Å². The third-order valence-corrected chi connectivity index (χ3v) is 3.45. The summed E-state index contributed by atoms with van der Waals surface area (Å²) in [5, 5.41) is 12.0. The second-order valence-electron chi connectivity index (χ2n) is 4.56. The molecule has 1 N–H and O–H groups in total. The summed E-state index contributed by atoms with van der Waals surface area (Å²) in [6.45, 7) is 4.05. The van der Waals surface area contributed by atoms with Gasteiger partial charge in [-0.3, -0.25) is 5.32 Å². The first-order valence-corrected chi connectivity index (χ1v) is 7.80. The van der Waals surface area contributed by atoms with Crippen molar-refractivity contribution in [1.82, 2.24) is 5.32 Å². The number of nitriles is 1. The normalized spacial score (nSPS) is 13.0. The zero-order chi connectivity index (χ0) is 14.5. The van der Waals surface area contributed by atoms with Crippen LogP contribution in [0.2, 0.25) is 0 Å². The zero-order valence-corrected chi connectivity index (χ0v) is 12.1. The molecule has 0 amide bonds. The molecule has 1 rings (SSSR count). The van der Waals surface area contributed by atoms with Gasteiger partial charge >= 0.3 is 0 Å². The van der Waals surface area contributed by atoms with Crippen LogP contribution in [-0.2, 0) is 9.84 Å². The number of sulfone groups is 1. The van der Waals surface area contributed by atoms with Gasteiger partial charge in [-0.05, 0) is 32.0 Å². The predicted octanol–water partition coefficient (Wildman–Crippen LogP) is 1.36. The van der Waals surface area contributed by atoms with E-state index in [1.165, 1.54) is 12.1 Å². The van der Waals surface area contributed by atoms with Crippen molar-refractivity contribution in [2.24, 2.45) is 0 Å². The summed E-state index contributed by atoms with van der Waals surface area (Å²) in [6, 6.07) is 8.09. The zero-order valence-electron chi connectivity index (χ0n) is 11.3. The minimum absolute atomic E-state index is 0.169. The fourth-order valence-electron chi connectivity index (χ4n) is 1.50. The van der Waals surface area contributed by atoms with Gasteiger partial charge in [0.15, 0.2) is 9.84 Å². The molecule has 0 spiro atoms. The first-order valence-electron chi connectivity index (χ1n) is 5.91. The van der Waals surface area contributed by atoms with Gasteiger partial charge in [-0.1, -0.05) is 6.07 Å². The summed E-state index contributed by atoms with van der Waals surface area (Å²) in [5.41, 5.74) is 0. The summed E-state index contributed by atoms with van der Waals surface area (Å²) in [7, 11) is -3.25. The van der Waals surface area contributed by atoms with Gasteiger partial charge in [-0.25, -0.2) is 8.42 Å². The van der Waals surface area contributed by atoms with Gasteiger partial charge in [0.05, 0.1) is 11.0 Å². The van der Waals surface area contributed by atoms with Crippen molar-refractivity contribution in [2.45, 2.75) is 30.8 Å². The summed E-state index contributed by atoms with van der Waals surface area (Å²) in [4.78, 5) is 0.204. The van der Waals surface area contributed by atoms with E-state index in [0.29, 0.717) is 5.75 Å². The third kappa shape index (κ3) is 5.28. The number of nitrogens with zero attached hydrogens (tertiary/aromatic N) is 1. The maximum Gasteiger partial charge on any atom is 0.175 e. The molecular formula is C13H18N2O3S. The van der Waals surface area contributed by atoms with Crippen LogP contribution in [0.3, 0.4) is 0 Å². The molecule has 1 unspecified atom stereocenters. The van der Waals surface area contributed by atoms with Crippen LogP contribution in [0.5, 0.6) is 5.75 Å². The number of hydrogen-bond donors (Lipinski definition) is 1. The van der Waals surface area contributed by atoms with E-state index < -0.39 is 15.9 Å². The predicted molar refractivity (Wildman–Crippen MR) is 72.7 cm³/mol. The van der Waals surface area contributed by atoms with Crippen LogP contribution in [0.1, 0.15) is 13.8 Å². The van der Waals surface area contributed by atoms with Crippen LogP contribution in [0.15, 0.2) is 29.2 Å². The monoisotopic (exact) mass is 282 g/mol. The Morgan fingerprint density at radius 3 is 2.63 bits per heavy atom. The maximum atomic E-state index is 11.4. The van der Waals surface area contributed by atoms with E-state index in [4.69, 9.17) is 10.00 Å². The largest absolute Gasteiger partial charge is 0.491 e.